The average Bonchev–Trinajstić information content (AvgIpc) is 2.97. The number of halogens is 1. The van der Waals surface area contributed by atoms with Crippen LogP contribution in [0, 0.1) is 0 Å². The van der Waals surface area contributed by atoms with E-state index in [1.165, 1.54) is 34.9 Å². The van der Waals surface area contributed by atoms with Crippen LogP contribution in [0.4, 0.5) is 5.69 Å². The van der Waals surface area contributed by atoms with Crippen molar-refractivity contribution < 1.29 is 19.4 Å². The number of carbonyl (C=O) groups is 2. The highest BCUT2D eigenvalue weighted by Crippen LogP contribution is 2.33. The van der Waals surface area contributed by atoms with Crippen LogP contribution in [0.5, 0.6) is 11.5 Å². The van der Waals surface area contributed by atoms with Gasteiger partial charge in [-0.05, 0) is 48.9 Å². The number of phenols is 1. The van der Waals surface area contributed by atoms with E-state index in [-0.39, 0.29) is 36.2 Å². The molecule has 6 nitrogen and oxygen atoms in total. The lowest BCUT2D eigenvalue weighted by atomic mass is 10.2. The number of benzene rings is 2. The molecule has 0 aliphatic carbocycles. The Labute approximate surface area is 188 Å². The maximum atomic E-state index is 12.7. The molecule has 9 heteroatoms. The number of thiocarbonyl (C=S) groups is 1. The Morgan fingerprint density at radius 3 is 2.73 bits per heavy atom. The number of carbonyl (C=O) groups excluding carboxylic acids is 2. The Kier molecular flexibility index (Phi) is 7.36. The first-order chi connectivity index (χ1) is 14.4. The van der Waals surface area contributed by atoms with Crippen LogP contribution in [-0.2, 0) is 9.59 Å². The highest BCUT2D eigenvalue weighted by atomic mass is 35.5. The van der Waals surface area contributed by atoms with Crippen LogP contribution in [0.15, 0.2) is 47.4 Å². The summed E-state index contributed by atoms with van der Waals surface area (Å²) >= 11 is 12.4. The molecule has 1 aliphatic rings. The third-order valence-electron chi connectivity index (χ3n) is 4.16. The molecule has 0 spiro atoms. The monoisotopic (exact) mass is 462 g/mol. The van der Waals surface area contributed by atoms with Gasteiger partial charge in [-0.3, -0.25) is 14.5 Å². The molecular formula is C21H19ClN2O4S2. The molecule has 0 bridgehead atoms. The van der Waals surface area contributed by atoms with Crippen LogP contribution >= 0.6 is 35.6 Å². The minimum absolute atomic E-state index is 0.0225. The minimum Gasteiger partial charge on any atom is -0.506 e. The molecule has 1 aliphatic heterocycles. The second-order valence-corrected chi connectivity index (χ2v) is 8.41. The zero-order chi connectivity index (χ0) is 21.7. The third kappa shape index (κ3) is 5.53. The Bertz CT molecular complexity index is 1010. The number of thioether (sulfide) groups is 1. The fraction of sp³-hybridized carbons (Fsp3) is 0.190. The predicted molar refractivity (Wildman–Crippen MR) is 124 cm³/mol. The molecule has 0 aromatic heterocycles. The first-order valence-corrected chi connectivity index (χ1v) is 10.7. The van der Waals surface area contributed by atoms with E-state index in [1.807, 2.05) is 31.2 Å². The number of hydrogen-bond acceptors (Lipinski definition) is 6. The standard InChI is InChI=1S/C21H19ClN2O4S2/c1-2-28-15-6-3-13(4-7-15)11-18-20(27)24(21(29)30-18)10-9-19(26)23-16-12-14(22)5-8-17(16)25/h3-8,11-12,25H,2,9-10H2,1H3,(H,23,26)/b18-11-. The third-order valence-corrected chi connectivity index (χ3v) is 5.77. The number of ether oxygens (including phenoxy) is 1. The van der Waals surface area contributed by atoms with Gasteiger partial charge < -0.3 is 15.2 Å². The Morgan fingerprint density at radius 1 is 1.30 bits per heavy atom. The highest BCUT2D eigenvalue weighted by Gasteiger charge is 2.32. The molecule has 2 N–H and O–H groups in total. The van der Waals surface area contributed by atoms with Crippen LogP contribution in [-0.4, -0.2) is 39.3 Å². The van der Waals surface area contributed by atoms with E-state index < -0.39 is 0 Å². The first-order valence-electron chi connectivity index (χ1n) is 9.14. The van der Waals surface area contributed by atoms with Crippen molar-refractivity contribution in [2.24, 2.45) is 0 Å². The molecule has 2 aromatic carbocycles. The number of hydrogen-bond donors (Lipinski definition) is 2. The molecule has 2 amide bonds. The van der Waals surface area contributed by atoms with Crippen molar-refractivity contribution in [3.63, 3.8) is 0 Å². The summed E-state index contributed by atoms with van der Waals surface area (Å²) in [6.45, 7) is 2.64. The van der Waals surface area contributed by atoms with Gasteiger partial charge in [-0.2, -0.15) is 0 Å². The molecule has 156 valence electrons. The summed E-state index contributed by atoms with van der Waals surface area (Å²) in [4.78, 5) is 26.8. The van der Waals surface area contributed by atoms with Crippen molar-refractivity contribution in [3.05, 3.63) is 58.0 Å². The van der Waals surface area contributed by atoms with Gasteiger partial charge in [-0.25, -0.2) is 0 Å². The van der Waals surface area contributed by atoms with Crippen LogP contribution < -0.4 is 10.1 Å². The molecule has 1 saturated heterocycles. The fourth-order valence-corrected chi connectivity index (χ4v) is 4.19. The van der Waals surface area contributed by atoms with Crippen LogP contribution in [0.3, 0.4) is 0 Å². The second-order valence-electron chi connectivity index (χ2n) is 6.30. The van der Waals surface area contributed by atoms with E-state index in [0.717, 1.165) is 11.3 Å². The maximum absolute atomic E-state index is 12.7. The van der Waals surface area contributed by atoms with Crippen molar-refractivity contribution in [1.29, 1.82) is 0 Å². The van der Waals surface area contributed by atoms with E-state index in [4.69, 9.17) is 28.6 Å². The van der Waals surface area contributed by atoms with E-state index in [9.17, 15) is 14.7 Å². The predicted octanol–water partition coefficient (Wildman–Crippen LogP) is 4.67. The van der Waals surface area contributed by atoms with Gasteiger partial charge in [0.05, 0.1) is 17.2 Å². The molecule has 0 atom stereocenters. The lowest BCUT2D eigenvalue weighted by Gasteiger charge is -2.14. The quantitative estimate of drug-likeness (QED) is 0.353. The van der Waals surface area contributed by atoms with E-state index in [0.29, 0.717) is 20.9 Å². The summed E-state index contributed by atoms with van der Waals surface area (Å²) in [5, 5.41) is 12.8. The summed E-state index contributed by atoms with van der Waals surface area (Å²) < 4.78 is 5.81. The van der Waals surface area contributed by atoms with Gasteiger partial charge in [0.1, 0.15) is 15.8 Å². The molecule has 2 aromatic rings. The number of nitrogens with zero attached hydrogens (tertiary/aromatic N) is 1. The van der Waals surface area contributed by atoms with Crippen LogP contribution in [0.2, 0.25) is 5.02 Å². The van der Waals surface area contributed by atoms with E-state index in [2.05, 4.69) is 5.32 Å². The second kappa shape index (κ2) is 9.97. The zero-order valence-electron chi connectivity index (χ0n) is 16.1. The lowest BCUT2D eigenvalue weighted by Crippen LogP contribution is -2.31. The molecule has 0 unspecified atom stereocenters. The maximum Gasteiger partial charge on any atom is 0.266 e. The summed E-state index contributed by atoms with van der Waals surface area (Å²) in [7, 11) is 0. The zero-order valence-corrected chi connectivity index (χ0v) is 18.4. The normalized spacial score (nSPS) is 15.0. The largest absolute Gasteiger partial charge is 0.506 e. The van der Waals surface area contributed by atoms with Gasteiger partial charge in [0, 0.05) is 18.0 Å². The SMILES string of the molecule is CCOc1ccc(/C=C2\SC(=S)N(CCC(=O)Nc3cc(Cl)ccc3O)C2=O)cc1. The number of anilines is 1. The van der Waals surface area contributed by atoms with Crippen molar-refractivity contribution >= 4 is 63.5 Å². The van der Waals surface area contributed by atoms with Crippen molar-refractivity contribution in [3.8, 4) is 11.5 Å². The molecule has 0 radical (unpaired) electrons. The van der Waals surface area contributed by atoms with Crippen molar-refractivity contribution in [2.75, 3.05) is 18.5 Å². The van der Waals surface area contributed by atoms with Gasteiger partial charge >= 0.3 is 0 Å². The van der Waals surface area contributed by atoms with Crippen molar-refractivity contribution in [2.45, 2.75) is 13.3 Å². The van der Waals surface area contributed by atoms with Crippen molar-refractivity contribution in [1.82, 2.24) is 4.90 Å². The van der Waals surface area contributed by atoms with Gasteiger partial charge in [-0.15, -0.1) is 0 Å². The Hall–Kier alpha value is -2.55. The molecule has 0 saturated carbocycles. The summed E-state index contributed by atoms with van der Waals surface area (Å²) in [6, 6.07) is 11.8. The van der Waals surface area contributed by atoms with E-state index in [1.54, 1.807) is 6.08 Å². The smallest absolute Gasteiger partial charge is 0.266 e. The summed E-state index contributed by atoms with van der Waals surface area (Å²) in [5.41, 5.74) is 1.07. The lowest BCUT2D eigenvalue weighted by molar-refractivity contribution is -0.122. The van der Waals surface area contributed by atoms with E-state index >= 15 is 0 Å². The highest BCUT2D eigenvalue weighted by molar-refractivity contribution is 8.26. The van der Waals surface area contributed by atoms with Gasteiger partial charge in [-0.1, -0.05) is 47.7 Å². The van der Waals surface area contributed by atoms with Crippen LogP contribution in [0.1, 0.15) is 18.9 Å². The molecule has 30 heavy (non-hydrogen) atoms. The number of phenolic OH excluding ortho intramolecular Hbond substituents is 1. The van der Waals surface area contributed by atoms with Gasteiger partial charge in [0.2, 0.25) is 5.91 Å². The van der Waals surface area contributed by atoms with Gasteiger partial charge in [0.25, 0.3) is 5.91 Å². The van der Waals surface area contributed by atoms with Gasteiger partial charge in [0.15, 0.2) is 0 Å². The molecular weight excluding hydrogens is 444 g/mol. The number of aromatic hydroxyl groups is 1. The number of amides is 2. The molecule has 1 heterocycles. The fourth-order valence-electron chi connectivity index (χ4n) is 2.71. The summed E-state index contributed by atoms with van der Waals surface area (Å²) in [5.74, 6) is 0.0741. The summed E-state index contributed by atoms with van der Waals surface area (Å²) in [6.07, 6.45) is 1.79. The number of nitrogens with one attached hydrogen (secondary N) is 1. The Morgan fingerprint density at radius 2 is 2.03 bits per heavy atom. The Balaban J connectivity index is 1.60. The minimum atomic E-state index is -0.364. The topological polar surface area (TPSA) is 78.9 Å². The average molecular weight is 463 g/mol. The molecule has 1 fully saturated rings. The number of rotatable bonds is 7. The van der Waals surface area contributed by atoms with Crippen LogP contribution in [0.25, 0.3) is 6.08 Å². The first kappa shape index (κ1) is 22.1. The molecule has 3 rings (SSSR count).